The van der Waals surface area contributed by atoms with Crippen LogP contribution in [-0.2, 0) is 17.9 Å². The van der Waals surface area contributed by atoms with Crippen molar-refractivity contribution in [2.45, 2.75) is 39.5 Å². The van der Waals surface area contributed by atoms with E-state index >= 15 is 0 Å². The Labute approximate surface area is 267 Å². The van der Waals surface area contributed by atoms with E-state index in [0.29, 0.717) is 11.3 Å². The summed E-state index contributed by atoms with van der Waals surface area (Å²) in [5, 5.41) is 25.6. The highest BCUT2D eigenvalue weighted by atomic mass is 35.5. The number of aliphatic hydroxyl groups excluding tert-OH is 2. The number of allylic oxidation sites excluding steroid dienone is 3. The van der Waals surface area contributed by atoms with Crippen molar-refractivity contribution < 1.29 is 33.3 Å². The smallest absolute Gasteiger partial charge is 0.234 e. The Morgan fingerprint density at radius 2 is 1.64 bits per heavy atom. The molecule has 1 aliphatic rings. The van der Waals surface area contributed by atoms with E-state index < -0.39 is 28.0 Å². The molecular weight excluding hydrogens is 602 g/mol. The molecule has 1 unspecified atom stereocenters. The second kappa shape index (κ2) is 14.1. The summed E-state index contributed by atoms with van der Waals surface area (Å²) >= 11 is 6.71. The minimum atomic E-state index is -1.13. The molecule has 0 fully saturated rings. The second-order valence-corrected chi connectivity index (χ2v) is 12.4. The van der Waals surface area contributed by atoms with Crippen molar-refractivity contribution in [1.29, 1.82) is 0 Å². The molecule has 4 N–H and O–H groups in total. The first-order valence-electron chi connectivity index (χ1n) is 14.6. The summed E-state index contributed by atoms with van der Waals surface area (Å²) in [6, 6.07) is 16.1. The molecule has 10 heteroatoms. The average Bonchev–Trinajstić information content (AvgIpc) is 3.02. The zero-order valence-corrected chi connectivity index (χ0v) is 26.6. The third-order valence-electron chi connectivity index (χ3n) is 8.44. The Balaban J connectivity index is 1.68. The number of benzene rings is 3. The monoisotopic (exact) mass is 640 g/mol. The number of hydrogen-bond acceptors (Lipinski definition) is 6. The molecule has 0 aromatic heterocycles. The highest BCUT2D eigenvalue weighted by Gasteiger charge is 2.53. The molecule has 0 saturated heterocycles. The van der Waals surface area contributed by atoms with Crippen molar-refractivity contribution in [2.75, 3.05) is 26.9 Å². The molecule has 0 saturated carbocycles. The van der Waals surface area contributed by atoms with Crippen LogP contribution in [0, 0.1) is 22.5 Å². The van der Waals surface area contributed by atoms with Gasteiger partial charge in [0.05, 0.1) is 23.8 Å². The number of nitrogens with one attached hydrogen (secondary N) is 2. The lowest BCUT2D eigenvalue weighted by molar-refractivity contribution is -0.134. The third-order valence-corrected chi connectivity index (χ3v) is 8.74. The quantitative estimate of drug-likeness (QED) is 0.188. The van der Waals surface area contributed by atoms with Crippen LogP contribution in [0.1, 0.15) is 37.5 Å². The lowest BCUT2D eigenvalue weighted by Gasteiger charge is -2.46. The van der Waals surface area contributed by atoms with Crippen LogP contribution < -0.4 is 20.1 Å². The number of aliphatic hydroxyl groups is 2. The molecule has 1 aliphatic carbocycles. The Morgan fingerprint density at radius 1 is 0.978 bits per heavy atom. The van der Waals surface area contributed by atoms with Crippen LogP contribution >= 0.6 is 11.6 Å². The molecule has 0 radical (unpaired) electrons. The van der Waals surface area contributed by atoms with Crippen LogP contribution in [0.15, 0.2) is 78.9 Å². The number of amides is 1. The second-order valence-electron chi connectivity index (χ2n) is 12.0. The van der Waals surface area contributed by atoms with Gasteiger partial charge in [0.25, 0.3) is 0 Å². The SMILES string of the molecule is CNC(=O)C1(COc2cc(OCc3cc(F)cc(F)c3)c(CNC(C)(CO)CO)cc2Cl)C=CC=C(c2ccccc2)C1(C)C. The van der Waals surface area contributed by atoms with Gasteiger partial charge in [-0.2, -0.15) is 0 Å². The van der Waals surface area contributed by atoms with Gasteiger partial charge in [-0.25, -0.2) is 8.78 Å². The van der Waals surface area contributed by atoms with E-state index in [4.69, 9.17) is 21.1 Å². The molecule has 3 aromatic rings. The maximum absolute atomic E-state index is 13.9. The standard InChI is InChI=1S/C35H39ClF2N2O5/c1-33(2)28(24-9-6-5-7-10-24)11-8-12-35(33,32(43)39-4)22-45-31-17-30(44-19-23-13-26(37)16-27(38)14-23)25(15-29(31)36)18-40-34(3,20-41)21-42/h5-17,40-42H,18-22H2,1-4H3,(H,39,43). The summed E-state index contributed by atoms with van der Waals surface area (Å²) < 4.78 is 40.1. The first-order chi connectivity index (χ1) is 21.4. The fourth-order valence-corrected chi connectivity index (χ4v) is 5.63. The van der Waals surface area contributed by atoms with Gasteiger partial charge in [0.1, 0.15) is 41.8 Å². The van der Waals surface area contributed by atoms with E-state index in [1.807, 2.05) is 62.4 Å². The van der Waals surface area contributed by atoms with E-state index in [-0.39, 0.29) is 55.2 Å². The van der Waals surface area contributed by atoms with E-state index in [0.717, 1.165) is 17.2 Å². The fourth-order valence-electron chi connectivity index (χ4n) is 5.39. The number of halogens is 3. The van der Waals surface area contributed by atoms with Gasteiger partial charge in [-0.05, 0) is 41.8 Å². The minimum absolute atomic E-state index is 0.0701. The van der Waals surface area contributed by atoms with Crippen LogP contribution in [0.2, 0.25) is 5.02 Å². The van der Waals surface area contributed by atoms with Gasteiger partial charge in [-0.3, -0.25) is 4.79 Å². The van der Waals surface area contributed by atoms with Gasteiger partial charge in [-0.1, -0.05) is 74.0 Å². The van der Waals surface area contributed by atoms with Crippen molar-refractivity contribution >= 4 is 23.1 Å². The molecule has 0 bridgehead atoms. The Kier molecular flexibility index (Phi) is 10.7. The van der Waals surface area contributed by atoms with E-state index in [2.05, 4.69) is 10.6 Å². The van der Waals surface area contributed by atoms with Gasteiger partial charge in [0, 0.05) is 36.7 Å². The molecule has 45 heavy (non-hydrogen) atoms. The summed E-state index contributed by atoms with van der Waals surface area (Å²) in [6.45, 7) is 4.88. The number of hydrogen-bond donors (Lipinski definition) is 4. The maximum Gasteiger partial charge on any atom is 0.234 e. The predicted molar refractivity (Wildman–Crippen MR) is 171 cm³/mol. The van der Waals surface area contributed by atoms with E-state index in [1.54, 1.807) is 26.1 Å². The van der Waals surface area contributed by atoms with Crippen LogP contribution in [0.25, 0.3) is 5.57 Å². The summed E-state index contributed by atoms with van der Waals surface area (Å²) in [5.74, 6) is -1.18. The predicted octanol–water partition coefficient (Wildman–Crippen LogP) is 5.82. The van der Waals surface area contributed by atoms with Gasteiger partial charge in [0.15, 0.2) is 0 Å². The molecular formula is C35H39ClF2N2O5. The van der Waals surface area contributed by atoms with Crippen LogP contribution in [0.3, 0.4) is 0 Å². The summed E-state index contributed by atoms with van der Waals surface area (Å²) in [6.07, 6.45) is 5.69. The Morgan fingerprint density at radius 3 is 2.27 bits per heavy atom. The van der Waals surface area contributed by atoms with E-state index in [9.17, 15) is 23.8 Å². The average molecular weight is 641 g/mol. The fraction of sp³-hybridized carbons (Fsp3) is 0.343. The molecule has 1 amide bonds. The number of carbonyl (C=O) groups is 1. The summed E-state index contributed by atoms with van der Waals surface area (Å²) in [5.41, 5.74) is -0.0649. The van der Waals surface area contributed by atoms with Crippen molar-refractivity contribution in [2.24, 2.45) is 10.8 Å². The number of rotatable bonds is 13. The first-order valence-corrected chi connectivity index (χ1v) is 14.9. The Hall–Kier alpha value is -3.76. The first kappa shape index (κ1) is 34.1. The maximum atomic E-state index is 13.9. The largest absolute Gasteiger partial charge is 0.490 e. The normalized spacial score (nSPS) is 17.5. The molecule has 0 aliphatic heterocycles. The zero-order chi connectivity index (χ0) is 32.8. The van der Waals surface area contributed by atoms with Gasteiger partial charge in [0.2, 0.25) is 5.91 Å². The van der Waals surface area contributed by atoms with Crippen molar-refractivity contribution in [1.82, 2.24) is 10.6 Å². The lowest BCUT2D eigenvalue weighted by Crippen LogP contribution is -2.53. The molecule has 4 rings (SSSR count). The van der Waals surface area contributed by atoms with Crippen LogP contribution in [-0.4, -0.2) is 48.5 Å². The van der Waals surface area contributed by atoms with Gasteiger partial charge in [-0.15, -0.1) is 0 Å². The van der Waals surface area contributed by atoms with Gasteiger partial charge < -0.3 is 30.3 Å². The van der Waals surface area contributed by atoms with Crippen LogP contribution in [0.4, 0.5) is 8.78 Å². The summed E-state index contributed by atoms with van der Waals surface area (Å²) in [7, 11) is 1.58. The molecule has 7 nitrogen and oxygen atoms in total. The zero-order valence-electron chi connectivity index (χ0n) is 25.8. The molecule has 1 atom stereocenters. The van der Waals surface area contributed by atoms with Crippen molar-refractivity contribution in [3.05, 3.63) is 112 Å². The Bertz CT molecular complexity index is 1550. The molecule has 0 heterocycles. The topological polar surface area (TPSA) is 100 Å². The number of carbonyl (C=O) groups excluding carboxylic acids is 1. The van der Waals surface area contributed by atoms with Crippen molar-refractivity contribution in [3.63, 3.8) is 0 Å². The van der Waals surface area contributed by atoms with Crippen LogP contribution in [0.5, 0.6) is 11.5 Å². The number of ether oxygens (including phenoxy) is 2. The summed E-state index contributed by atoms with van der Waals surface area (Å²) in [4.78, 5) is 13.6. The lowest BCUT2D eigenvalue weighted by atomic mass is 9.58. The molecule has 240 valence electrons. The van der Waals surface area contributed by atoms with Crippen molar-refractivity contribution in [3.8, 4) is 11.5 Å². The van der Waals surface area contributed by atoms with Gasteiger partial charge >= 0.3 is 0 Å². The third kappa shape index (κ3) is 7.39. The van der Waals surface area contributed by atoms with E-state index in [1.165, 1.54) is 12.1 Å². The molecule has 0 spiro atoms. The molecule has 3 aromatic carbocycles. The highest BCUT2D eigenvalue weighted by Crippen LogP contribution is 2.52. The minimum Gasteiger partial charge on any atom is -0.490 e. The highest BCUT2D eigenvalue weighted by molar-refractivity contribution is 6.32.